The SMILES string of the molecule is O=S(=O)(c1ccccc1)N1CCN(Cc2noc(-c3ccc(F)cc3)n2)CC1. The highest BCUT2D eigenvalue weighted by Gasteiger charge is 2.28. The predicted octanol–water partition coefficient (Wildman–Crippen LogP) is 2.38. The van der Waals surface area contributed by atoms with Gasteiger partial charge in [0.05, 0.1) is 11.4 Å². The van der Waals surface area contributed by atoms with Gasteiger partial charge in [-0.2, -0.15) is 9.29 Å². The molecule has 1 aliphatic heterocycles. The Hall–Kier alpha value is -2.62. The molecule has 4 rings (SSSR count). The first-order valence-electron chi connectivity index (χ1n) is 8.88. The van der Waals surface area contributed by atoms with Gasteiger partial charge in [0, 0.05) is 31.7 Å². The molecule has 3 aromatic rings. The minimum Gasteiger partial charge on any atom is -0.334 e. The molecule has 0 radical (unpaired) electrons. The molecule has 0 aliphatic carbocycles. The molecule has 1 fully saturated rings. The molecule has 7 nitrogen and oxygen atoms in total. The largest absolute Gasteiger partial charge is 0.334 e. The molecule has 2 heterocycles. The van der Waals surface area contributed by atoms with Crippen LogP contribution in [0.4, 0.5) is 4.39 Å². The van der Waals surface area contributed by atoms with Crippen LogP contribution in [0.1, 0.15) is 5.82 Å². The molecule has 9 heteroatoms. The standard InChI is InChI=1S/C19H19FN4O3S/c20-16-8-6-15(7-9-16)19-21-18(22-27-19)14-23-10-12-24(13-11-23)28(25,26)17-4-2-1-3-5-17/h1-9H,10-14H2. The molecule has 0 atom stereocenters. The number of nitrogens with zero attached hydrogens (tertiary/aromatic N) is 4. The van der Waals surface area contributed by atoms with Crippen molar-refractivity contribution in [2.24, 2.45) is 0 Å². The molecule has 0 spiro atoms. The molecule has 1 aliphatic rings. The van der Waals surface area contributed by atoms with Crippen LogP contribution in [0.15, 0.2) is 64.0 Å². The van der Waals surface area contributed by atoms with Crippen LogP contribution < -0.4 is 0 Å². The average Bonchev–Trinajstić information content (AvgIpc) is 3.18. The zero-order valence-electron chi connectivity index (χ0n) is 15.0. The van der Waals surface area contributed by atoms with E-state index in [1.807, 2.05) is 0 Å². The van der Waals surface area contributed by atoms with Crippen LogP contribution >= 0.6 is 0 Å². The minimum atomic E-state index is -3.47. The van der Waals surface area contributed by atoms with Gasteiger partial charge in [-0.05, 0) is 36.4 Å². The summed E-state index contributed by atoms with van der Waals surface area (Å²) < 4.78 is 45.1. The molecule has 1 aromatic heterocycles. The predicted molar refractivity (Wildman–Crippen MR) is 100 cm³/mol. The molecule has 0 amide bonds. The van der Waals surface area contributed by atoms with E-state index < -0.39 is 10.0 Å². The zero-order chi connectivity index (χ0) is 19.6. The first kappa shape index (κ1) is 18.7. The summed E-state index contributed by atoms with van der Waals surface area (Å²) in [6.07, 6.45) is 0. The smallest absolute Gasteiger partial charge is 0.257 e. The number of halogens is 1. The van der Waals surface area contributed by atoms with Crippen molar-refractivity contribution in [3.63, 3.8) is 0 Å². The summed E-state index contributed by atoms with van der Waals surface area (Å²) in [5, 5.41) is 3.97. The van der Waals surface area contributed by atoms with Crippen LogP contribution in [0.2, 0.25) is 0 Å². The summed E-state index contributed by atoms with van der Waals surface area (Å²) in [7, 11) is -3.47. The first-order valence-corrected chi connectivity index (χ1v) is 10.3. The maximum Gasteiger partial charge on any atom is 0.257 e. The van der Waals surface area contributed by atoms with Crippen molar-refractivity contribution in [2.75, 3.05) is 26.2 Å². The van der Waals surface area contributed by atoms with Crippen LogP contribution in [-0.4, -0.2) is 53.9 Å². The highest BCUT2D eigenvalue weighted by atomic mass is 32.2. The van der Waals surface area contributed by atoms with Crippen molar-refractivity contribution in [3.05, 3.63) is 66.2 Å². The van der Waals surface area contributed by atoms with Gasteiger partial charge in [0.25, 0.3) is 5.89 Å². The highest BCUT2D eigenvalue weighted by Crippen LogP contribution is 2.20. The number of benzene rings is 2. The van der Waals surface area contributed by atoms with Gasteiger partial charge in [0.2, 0.25) is 10.0 Å². The van der Waals surface area contributed by atoms with Crippen LogP contribution in [0.25, 0.3) is 11.5 Å². The second-order valence-corrected chi connectivity index (χ2v) is 8.45. The third-order valence-electron chi connectivity index (χ3n) is 4.64. The molecule has 0 N–H and O–H groups in total. The van der Waals surface area contributed by atoms with E-state index in [4.69, 9.17) is 4.52 Å². The number of hydrogen-bond donors (Lipinski definition) is 0. The summed E-state index contributed by atoms with van der Waals surface area (Å²) in [6, 6.07) is 14.3. The number of rotatable bonds is 5. The Morgan fingerprint density at radius 1 is 0.964 bits per heavy atom. The summed E-state index contributed by atoms with van der Waals surface area (Å²) in [6.45, 7) is 2.42. The van der Waals surface area contributed by atoms with Gasteiger partial charge < -0.3 is 4.52 Å². The number of aromatic nitrogens is 2. The quantitative estimate of drug-likeness (QED) is 0.652. The van der Waals surface area contributed by atoms with Gasteiger partial charge in [0.15, 0.2) is 5.82 Å². The molecule has 1 saturated heterocycles. The number of hydrogen-bond acceptors (Lipinski definition) is 6. The van der Waals surface area contributed by atoms with E-state index >= 15 is 0 Å². The Morgan fingerprint density at radius 2 is 1.64 bits per heavy atom. The molecular formula is C19H19FN4O3S. The van der Waals surface area contributed by atoms with E-state index in [9.17, 15) is 12.8 Å². The van der Waals surface area contributed by atoms with Crippen LogP contribution in [-0.2, 0) is 16.6 Å². The van der Waals surface area contributed by atoms with Crippen molar-refractivity contribution in [2.45, 2.75) is 11.4 Å². The molecule has 146 valence electrons. The lowest BCUT2D eigenvalue weighted by atomic mass is 10.2. The Bertz CT molecular complexity index is 1030. The lowest BCUT2D eigenvalue weighted by Gasteiger charge is -2.33. The molecule has 0 unspecified atom stereocenters. The normalized spacial score (nSPS) is 16.3. The zero-order valence-corrected chi connectivity index (χ0v) is 15.8. The summed E-state index contributed by atoms with van der Waals surface area (Å²) in [5.41, 5.74) is 0.652. The van der Waals surface area contributed by atoms with E-state index in [2.05, 4.69) is 15.0 Å². The van der Waals surface area contributed by atoms with Crippen molar-refractivity contribution in [3.8, 4) is 11.5 Å². The van der Waals surface area contributed by atoms with E-state index in [1.165, 1.54) is 16.4 Å². The van der Waals surface area contributed by atoms with Crippen molar-refractivity contribution in [1.29, 1.82) is 0 Å². The van der Waals surface area contributed by atoms with Crippen LogP contribution in [0.3, 0.4) is 0 Å². The van der Waals surface area contributed by atoms with E-state index in [0.29, 0.717) is 54.9 Å². The maximum atomic E-state index is 13.0. The van der Waals surface area contributed by atoms with Crippen LogP contribution in [0.5, 0.6) is 0 Å². The Morgan fingerprint density at radius 3 is 2.32 bits per heavy atom. The lowest BCUT2D eigenvalue weighted by Crippen LogP contribution is -2.48. The Balaban J connectivity index is 1.37. The average molecular weight is 402 g/mol. The van der Waals surface area contributed by atoms with Gasteiger partial charge >= 0.3 is 0 Å². The van der Waals surface area contributed by atoms with Gasteiger partial charge in [-0.1, -0.05) is 23.4 Å². The molecular weight excluding hydrogens is 383 g/mol. The van der Waals surface area contributed by atoms with Gasteiger partial charge in [0.1, 0.15) is 5.82 Å². The lowest BCUT2D eigenvalue weighted by molar-refractivity contribution is 0.176. The van der Waals surface area contributed by atoms with Gasteiger partial charge in [-0.15, -0.1) is 0 Å². The molecule has 28 heavy (non-hydrogen) atoms. The van der Waals surface area contributed by atoms with E-state index in [1.54, 1.807) is 42.5 Å². The van der Waals surface area contributed by atoms with Crippen LogP contribution in [0, 0.1) is 5.82 Å². The summed E-state index contributed by atoms with van der Waals surface area (Å²) in [5.74, 6) is 0.519. The third-order valence-corrected chi connectivity index (χ3v) is 6.55. The second-order valence-electron chi connectivity index (χ2n) is 6.52. The van der Waals surface area contributed by atoms with E-state index in [0.717, 1.165) is 0 Å². The number of piperazine rings is 1. The fourth-order valence-corrected chi connectivity index (χ4v) is 4.54. The summed E-state index contributed by atoms with van der Waals surface area (Å²) in [4.78, 5) is 6.74. The second kappa shape index (κ2) is 7.78. The topological polar surface area (TPSA) is 79.5 Å². The Kier molecular flexibility index (Phi) is 5.21. The van der Waals surface area contributed by atoms with E-state index in [-0.39, 0.29) is 5.82 Å². The fraction of sp³-hybridized carbons (Fsp3) is 0.263. The minimum absolute atomic E-state index is 0.311. The third kappa shape index (κ3) is 3.96. The molecule has 0 bridgehead atoms. The number of sulfonamides is 1. The van der Waals surface area contributed by atoms with Gasteiger partial charge in [-0.3, -0.25) is 4.90 Å². The van der Waals surface area contributed by atoms with Crippen molar-refractivity contribution in [1.82, 2.24) is 19.3 Å². The first-order chi connectivity index (χ1) is 13.5. The summed E-state index contributed by atoms with van der Waals surface area (Å²) >= 11 is 0. The molecule has 2 aromatic carbocycles. The highest BCUT2D eigenvalue weighted by molar-refractivity contribution is 7.89. The van der Waals surface area contributed by atoms with Crippen molar-refractivity contribution < 1.29 is 17.3 Å². The monoisotopic (exact) mass is 402 g/mol. The molecule has 0 saturated carbocycles. The maximum absolute atomic E-state index is 13.0. The van der Waals surface area contributed by atoms with Gasteiger partial charge in [-0.25, -0.2) is 12.8 Å². The van der Waals surface area contributed by atoms with Crippen molar-refractivity contribution >= 4 is 10.0 Å². The fourth-order valence-electron chi connectivity index (χ4n) is 3.10. The Labute approximate surface area is 162 Å².